The van der Waals surface area contributed by atoms with Crippen LogP contribution in [0.1, 0.15) is 33.6 Å². The minimum Gasteiger partial charge on any atom is -0.462 e. The van der Waals surface area contributed by atoms with E-state index in [4.69, 9.17) is 0 Å². The van der Waals surface area contributed by atoms with Crippen molar-refractivity contribution in [1.29, 1.82) is 0 Å². The summed E-state index contributed by atoms with van der Waals surface area (Å²) in [5, 5.41) is 3.37. The summed E-state index contributed by atoms with van der Waals surface area (Å²) < 4.78 is 4.55. The molecular formula is C12H26N2O2. The highest BCUT2D eigenvalue weighted by molar-refractivity contribution is 5.37. The van der Waals surface area contributed by atoms with Gasteiger partial charge >= 0.3 is 0 Å². The van der Waals surface area contributed by atoms with Crippen molar-refractivity contribution >= 4 is 6.47 Å². The molecule has 1 atom stereocenters. The van der Waals surface area contributed by atoms with Crippen molar-refractivity contribution in [1.82, 2.24) is 10.2 Å². The Morgan fingerprint density at radius 2 is 2.00 bits per heavy atom. The minimum atomic E-state index is -0.318. The number of hydrogen-bond donors (Lipinski definition) is 1. The fraction of sp³-hybridized carbons (Fsp3) is 0.917. The molecule has 0 spiro atoms. The lowest BCUT2D eigenvalue weighted by Gasteiger charge is -2.28. The maximum absolute atomic E-state index is 9.60. The molecule has 0 amide bonds. The van der Waals surface area contributed by atoms with E-state index in [1.165, 1.54) is 25.9 Å². The summed E-state index contributed by atoms with van der Waals surface area (Å²) in [6.07, 6.45) is 2.70. The van der Waals surface area contributed by atoms with Crippen molar-refractivity contribution in [3.63, 3.8) is 0 Å². The monoisotopic (exact) mass is 230 g/mol. The van der Waals surface area contributed by atoms with Gasteiger partial charge in [-0.05, 0) is 54.3 Å². The average molecular weight is 230 g/mol. The molecule has 1 rings (SSSR count). The molecule has 16 heavy (non-hydrogen) atoms. The Hall–Kier alpha value is -0.610. The van der Waals surface area contributed by atoms with Gasteiger partial charge in [0.1, 0.15) is 5.60 Å². The number of carbonyl (C=O) groups is 1. The molecule has 4 nitrogen and oxygen atoms in total. The van der Waals surface area contributed by atoms with Crippen molar-refractivity contribution in [2.24, 2.45) is 0 Å². The van der Waals surface area contributed by atoms with Crippen LogP contribution >= 0.6 is 0 Å². The molecule has 4 heteroatoms. The lowest BCUT2D eigenvalue weighted by Crippen LogP contribution is -2.42. The summed E-state index contributed by atoms with van der Waals surface area (Å²) in [4.78, 5) is 11.9. The fourth-order valence-electron chi connectivity index (χ4n) is 1.42. The standard InChI is InChI=1S/C7H16N2.C5H10O2/c1-9(2)7-4-3-5-8-6-7;1-5(2,3)7-4-6/h7-8H,3-6H2,1-2H3;4H,1-3H3/t7-;/m1./s1. The van der Waals surface area contributed by atoms with Gasteiger partial charge < -0.3 is 15.0 Å². The third-order valence-corrected chi connectivity index (χ3v) is 2.40. The van der Waals surface area contributed by atoms with E-state index in [1.54, 1.807) is 0 Å². The van der Waals surface area contributed by atoms with Crippen LogP contribution in [0.3, 0.4) is 0 Å². The smallest absolute Gasteiger partial charge is 0.293 e. The predicted octanol–water partition coefficient (Wildman–Crippen LogP) is 1.26. The number of rotatable bonds is 2. The van der Waals surface area contributed by atoms with Crippen molar-refractivity contribution in [3.8, 4) is 0 Å². The Balaban J connectivity index is 0.000000293. The number of carbonyl (C=O) groups excluding carboxylic acids is 1. The first kappa shape index (κ1) is 15.4. The van der Waals surface area contributed by atoms with E-state index in [2.05, 4.69) is 29.0 Å². The number of likely N-dealkylation sites (N-methyl/N-ethyl adjacent to an activating group) is 1. The van der Waals surface area contributed by atoms with Gasteiger partial charge in [0.15, 0.2) is 0 Å². The van der Waals surface area contributed by atoms with Gasteiger partial charge in [0.05, 0.1) is 0 Å². The Morgan fingerprint density at radius 3 is 2.19 bits per heavy atom. The second kappa shape index (κ2) is 7.63. The van der Waals surface area contributed by atoms with E-state index < -0.39 is 0 Å². The molecular weight excluding hydrogens is 204 g/mol. The van der Waals surface area contributed by atoms with Crippen LogP contribution < -0.4 is 5.32 Å². The molecule has 1 aliphatic heterocycles. The Morgan fingerprint density at radius 1 is 1.38 bits per heavy atom. The molecule has 0 aromatic rings. The maximum Gasteiger partial charge on any atom is 0.293 e. The average Bonchev–Trinajstić information content (AvgIpc) is 2.18. The highest BCUT2D eigenvalue weighted by atomic mass is 16.5. The number of nitrogens with one attached hydrogen (secondary N) is 1. The number of piperidine rings is 1. The molecule has 1 saturated heterocycles. The summed E-state index contributed by atoms with van der Waals surface area (Å²) in [6, 6.07) is 0.777. The normalized spacial score (nSPS) is 21.0. The van der Waals surface area contributed by atoms with Gasteiger partial charge in [0.2, 0.25) is 0 Å². The molecule has 0 aromatic heterocycles. The van der Waals surface area contributed by atoms with Gasteiger partial charge in [-0.25, -0.2) is 0 Å². The van der Waals surface area contributed by atoms with Gasteiger partial charge in [-0.15, -0.1) is 0 Å². The van der Waals surface area contributed by atoms with Crippen LogP contribution in [-0.2, 0) is 9.53 Å². The lowest BCUT2D eigenvalue weighted by atomic mass is 10.1. The molecule has 1 N–H and O–H groups in total. The van der Waals surface area contributed by atoms with Crippen LogP contribution in [0, 0.1) is 0 Å². The summed E-state index contributed by atoms with van der Waals surface area (Å²) in [5.74, 6) is 0. The second-order valence-electron chi connectivity index (χ2n) is 5.29. The van der Waals surface area contributed by atoms with Crippen molar-refractivity contribution < 1.29 is 9.53 Å². The zero-order chi connectivity index (χ0) is 12.6. The summed E-state index contributed by atoms with van der Waals surface area (Å²) in [5.41, 5.74) is -0.318. The van der Waals surface area contributed by atoms with E-state index in [1.807, 2.05) is 20.8 Å². The van der Waals surface area contributed by atoms with Crippen LogP contribution in [-0.4, -0.2) is 50.2 Å². The maximum atomic E-state index is 9.60. The zero-order valence-electron chi connectivity index (χ0n) is 11.2. The first-order chi connectivity index (χ1) is 7.37. The molecule has 96 valence electrons. The summed E-state index contributed by atoms with van der Waals surface area (Å²) >= 11 is 0. The first-order valence-electron chi connectivity index (χ1n) is 5.85. The van der Waals surface area contributed by atoms with E-state index in [-0.39, 0.29) is 5.60 Å². The first-order valence-corrected chi connectivity index (χ1v) is 5.85. The SMILES string of the molecule is CC(C)(C)OC=O.CN(C)[C@@H]1CCCNC1. The minimum absolute atomic E-state index is 0.318. The molecule has 0 bridgehead atoms. The van der Waals surface area contributed by atoms with Crippen LogP contribution in [0.2, 0.25) is 0 Å². The quantitative estimate of drug-likeness (QED) is 0.725. The van der Waals surface area contributed by atoms with Crippen molar-refractivity contribution in [2.75, 3.05) is 27.2 Å². The molecule has 0 aliphatic carbocycles. The number of nitrogens with zero attached hydrogens (tertiary/aromatic N) is 1. The van der Waals surface area contributed by atoms with Crippen molar-refractivity contribution in [3.05, 3.63) is 0 Å². The molecule has 0 radical (unpaired) electrons. The second-order valence-corrected chi connectivity index (χ2v) is 5.29. The van der Waals surface area contributed by atoms with Crippen molar-refractivity contribution in [2.45, 2.75) is 45.3 Å². The zero-order valence-corrected chi connectivity index (χ0v) is 11.2. The van der Waals surface area contributed by atoms with E-state index in [0.29, 0.717) is 6.47 Å². The Labute approximate surface area is 99.3 Å². The third kappa shape index (κ3) is 8.68. The lowest BCUT2D eigenvalue weighted by molar-refractivity contribution is -0.138. The molecule has 1 fully saturated rings. The highest BCUT2D eigenvalue weighted by Crippen LogP contribution is 2.05. The fourth-order valence-corrected chi connectivity index (χ4v) is 1.42. The van der Waals surface area contributed by atoms with Crippen LogP contribution in [0.5, 0.6) is 0 Å². The van der Waals surface area contributed by atoms with Gasteiger partial charge in [0, 0.05) is 12.6 Å². The molecule has 1 aliphatic rings. The predicted molar refractivity (Wildman–Crippen MR) is 66.5 cm³/mol. The summed E-state index contributed by atoms with van der Waals surface area (Å²) in [7, 11) is 4.30. The van der Waals surface area contributed by atoms with Crippen LogP contribution in [0.25, 0.3) is 0 Å². The van der Waals surface area contributed by atoms with Gasteiger partial charge in [0.25, 0.3) is 6.47 Å². The van der Waals surface area contributed by atoms with E-state index >= 15 is 0 Å². The molecule has 0 saturated carbocycles. The van der Waals surface area contributed by atoms with E-state index in [0.717, 1.165) is 6.04 Å². The van der Waals surface area contributed by atoms with Gasteiger partial charge in [-0.1, -0.05) is 0 Å². The molecule has 0 aromatic carbocycles. The molecule has 1 heterocycles. The van der Waals surface area contributed by atoms with Crippen LogP contribution in [0.4, 0.5) is 0 Å². The largest absolute Gasteiger partial charge is 0.462 e. The van der Waals surface area contributed by atoms with Gasteiger partial charge in [-0.3, -0.25) is 4.79 Å². The summed E-state index contributed by atoms with van der Waals surface area (Å²) in [6.45, 7) is 8.31. The number of ether oxygens (including phenoxy) is 1. The van der Waals surface area contributed by atoms with Crippen LogP contribution in [0.15, 0.2) is 0 Å². The highest BCUT2D eigenvalue weighted by Gasteiger charge is 2.13. The Bertz CT molecular complexity index is 182. The third-order valence-electron chi connectivity index (χ3n) is 2.40. The Kier molecular flexibility index (Phi) is 7.34. The number of hydrogen-bond acceptors (Lipinski definition) is 4. The van der Waals surface area contributed by atoms with E-state index in [9.17, 15) is 4.79 Å². The topological polar surface area (TPSA) is 41.6 Å². The van der Waals surface area contributed by atoms with Gasteiger partial charge in [-0.2, -0.15) is 0 Å². The molecule has 0 unspecified atom stereocenters.